The zero-order valence-electron chi connectivity index (χ0n) is 13.4. The Kier molecular flexibility index (Phi) is 5.33. The molecule has 0 fully saturated rings. The van der Waals surface area contributed by atoms with Gasteiger partial charge in [0, 0.05) is 22.4 Å². The second-order valence-corrected chi connectivity index (χ2v) is 6.80. The van der Waals surface area contributed by atoms with Crippen LogP contribution in [-0.4, -0.2) is 9.97 Å². The molecule has 0 bridgehead atoms. The molecule has 0 saturated heterocycles. The van der Waals surface area contributed by atoms with E-state index in [0.717, 1.165) is 16.7 Å². The molecular weight excluding hydrogens is 353 g/mol. The molecule has 0 saturated carbocycles. The van der Waals surface area contributed by atoms with Gasteiger partial charge in [0.1, 0.15) is 6.33 Å². The van der Waals surface area contributed by atoms with E-state index in [1.54, 1.807) is 12.4 Å². The van der Waals surface area contributed by atoms with E-state index in [1.165, 1.54) is 6.33 Å². The van der Waals surface area contributed by atoms with Gasteiger partial charge in [-0.1, -0.05) is 47.5 Å². The lowest BCUT2D eigenvalue weighted by molar-refractivity contribution is 0.539. The minimum atomic E-state index is -0.747. The highest BCUT2D eigenvalue weighted by atomic mass is 35.5. The van der Waals surface area contributed by atoms with E-state index in [0.29, 0.717) is 22.9 Å². The van der Waals surface area contributed by atoms with Crippen LogP contribution in [0, 0.1) is 11.3 Å². The number of nitrogens with zero attached hydrogens (tertiary/aromatic N) is 3. The summed E-state index contributed by atoms with van der Waals surface area (Å²) in [7, 11) is 0. The second kappa shape index (κ2) is 7.65. The molecule has 3 aromatic rings. The van der Waals surface area contributed by atoms with Gasteiger partial charge in [0.25, 0.3) is 0 Å². The summed E-state index contributed by atoms with van der Waals surface area (Å²) in [6.07, 6.45) is 6.04. The van der Waals surface area contributed by atoms with Crippen molar-refractivity contribution in [2.75, 3.05) is 0 Å². The van der Waals surface area contributed by atoms with Gasteiger partial charge in [0.15, 0.2) is 0 Å². The van der Waals surface area contributed by atoms with E-state index in [9.17, 15) is 5.26 Å². The highest BCUT2D eigenvalue weighted by Crippen LogP contribution is 2.33. The molecule has 3 rings (SSSR count). The molecule has 0 radical (unpaired) electrons. The van der Waals surface area contributed by atoms with E-state index in [4.69, 9.17) is 23.2 Å². The third-order valence-electron chi connectivity index (χ3n) is 4.15. The summed E-state index contributed by atoms with van der Waals surface area (Å²) < 4.78 is 0. The van der Waals surface area contributed by atoms with Crippen molar-refractivity contribution in [3.05, 3.63) is 94.0 Å². The summed E-state index contributed by atoms with van der Waals surface area (Å²) in [5, 5.41) is 11.4. The largest absolute Gasteiger partial charge is 0.245 e. The van der Waals surface area contributed by atoms with Crippen LogP contribution >= 0.6 is 23.2 Å². The van der Waals surface area contributed by atoms with Gasteiger partial charge in [0.05, 0.1) is 11.5 Å². The topological polar surface area (TPSA) is 49.6 Å². The molecule has 0 aliphatic carbocycles. The molecule has 1 unspecified atom stereocenters. The minimum Gasteiger partial charge on any atom is -0.245 e. The summed E-state index contributed by atoms with van der Waals surface area (Å²) in [6.45, 7) is 0. The molecule has 0 spiro atoms. The zero-order chi connectivity index (χ0) is 17.7. The number of benzene rings is 2. The summed E-state index contributed by atoms with van der Waals surface area (Å²) in [6, 6.07) is 17.6. The molecule has 124 valence electrons. The van der Waals surface area contributed by atoms with E-state index in [2.05, 4.69) is 16.0 Å². The predicted molar refractivity (Wildman–Crippen MR) is 99.6 cm³/mol. The van der Waals surface area contributed by atoms with E-state index < -0.39 is 5.41 Å². The highest BCUT2D eigenvalue weighted by molar-refractivity contribution is 6.30. The Labute approximate surface area is 156 Å². The van der Waals surface area contributed by atoms with Crippen LogP contribution in [0.4, 0.5) is 0 Å². The first-order valence-corrected chi connectivity index (χ1v) is 8.52. The maximum absolute atomic E-state index is 10.1. The fourth-order valence-electron chi connectivity index (χ4n) is 2.90. The number of aromatic nitrogens is 2. The Morgan fingerprint density at radius 3 is 1.88 bits per heavy atom. The Balaban J connectivity index is 2.03. The fraction of sp³-hybridized carbons (Fsp3) is 0.150. The second-order valence-electron chi connectivity index (χ2n) is 5.93. The normalized spacial score (nSPS) is 13.0. The van der Waals surface area contributed by atoms with Gasteiger partial charge >= 0.3 is 0 Å². The maximum Gasteiger partial charge on any atom is 0.115 e. The van der Waals surface area contributed by atoms with E-state index >= 15 is 0 Å². The van der Waals surface area contributed by atoms with Crippen molar-refractivity contribution < 1.29 is 0 Å². The van der Waals surface area contributed by atoms with Crippen LogP contribution in [0.15, 0.2) is 67.3 Å². The van der Waals surface area contributed by atoms with Crippen LogP contribution in [0.25, 0.3) is 0 Å². The predicted octanol–water partition coefficient (Wildman–Crippen LogP) is 5.03. The third-order valence-corrected chi connectivity index (χ3v) is 4.65. The van der Waals surface area contributed by atoms with Crippen molar-refractivity contribution in [1.29, 1.82) is 5.26 Å². The number of nitriles is 1. The Hall–Kier alpha value is -2.41. The molecule has 25 heavy (non-hydrogen) atoms. The molecule has 1 heterocycles. The number of hydrogen-bond acceptors (Lipinski definition) is 3. The lowest BCUT2D eigenvalue weighted by atomic mass is 9.73. The first-order chi connectivity index (χ1) is 12.1. The Bertz CT molecular complexity index is 872. The molecule has 1 aromatic heterocycles. The van der Waals surface area contributed by atoms with Crippen molar-refractivity contribution in [2.45, 2.75) is 18.3 Å². The Morgan fingerprint density at radius 1 is 0.800 bits per heavy atom. The molecule has 3 nitrogen and oxygen atoms in total. The first kappa shape index (κ1) is 17.4. The molecule has 2 aromatic carbocycles. The average molecular weight is 368 g/mol. The monoisotopic (exact) mass is 367 g/mol. The van der Waals surface area contributed by atoms with Crippen LogP contribution in [0.5, 0.6) is 0 Å². The van der Waals surface area contributed by atoms with Gasteiger partial charge < -0.3 is 0 Å². The van der Waals surface area contributed by atoms with Crippen molar-refractivity contribution in [2.24, 2.45) is 0 Å². The van der Waals surface area contributed by atoms with Crippen LogP contribution in [0.1, 0.15) is 16.7 Å². The number of halogens is 2. The fourth-order valence-corrected chi connectivity index (χ4v) is 3.15. The van der Waals surface area contributed by atoms with Crippen LogP contribution in [0.3, 0.4) is 0 Å². The molecule has 0 N–H and O–H groups in total. The molecule has 0 amide bonds. The molecule has 5 heteroatoms. The summed E-state index contributed by atoms with van der Waals surface area (Å²) >= 11 is 12.0. The van der Waals surface area contributed by atoms with Crippen molar-refractivity contribution in [3.63, 3.8) is 0 Å². The van der Waals surface area contributed by atoms with Crippen LogP contribution in [0.2, 0.25) is 10.0 Å². The zero-order valence-corrected chi connectivity index (χ0v) is 14.9. The molecular formula is C20H15Cl2N3. The first-order valence-electron chi connectivity index (χ1n) is 7.77. The number of hydrogen-bond donors (Lipinski definition) is 0. The number of rotatable bonds is 5. The van der Waals surface area contributed by atoms with Gasteiger partial charge in [-0.3, -0.25) is 0 Å². The smallest absolute Gasteiger partial charge is 0.115 e. The van der Waals surface area contributed by atoms with Crippen molar-refractivity contribution in [1.82, 2.24) is 9.97 Å². The summed E-state index contributed by atoms with van der Waals surface area (Å²) in [4.78, 5) is 8.14. The lowest BCUT2D eigenvalue weighted by Gasteiger charge is -2.27. The van der Waals surface area contributed by atoms with Crippen LogP contribution in [-0.2, 0) is 18.3 Å². The lowest BCUT2D eigenvalue weighted by Crippen LogP contribution is -2.30. The molecule has 0 aliphatic rings. The SMILES string of the molecule is N#CC(Cc1ccc(Cl)cc1)(Cc1cncnc1)c1ccc(Cl)cc1. The van der Waals surface area contributed by atoms with Crippen molar-refractivity contribution >= 4 is 23.2 Å². The summed E-state index contributed by atoms with van der Waals surface area (Å²) in [5.41, 5.74) is 2.12. The minimum absolute atomic E-state index is 0.509. The quantitative estimate of drug-likeness (QED) is 0.635. The van der Waals surface area contributed by atoms with Crippen LogP contribution < -0.4 is 0 Å². The van der Waals surface area contributed by atoms with Crippen molar-refractivity contribution in [3.8, 4) is 6.07 Å². The third kappa shape index (κ3) is 4.17. The summed E-state index contributed by atoms with van der Waals surface area (Å²) in [5.74, 6) is 0. The van der Waals surface area contributed by atoms with Gasteiger partial charge in [0.2, 0.25) is 0 Å². The average Bonchev–Trinajstić information content (AvgIpc) is 2.64. The van der Waals surface area contributed by atoms with Gasteiger partial charge in [-0.2, -0.15) is 5.26 Å². The van der Waals surface area contributed by atoms with Gasteiger partial charge in [-0.05, 0) is 53.8 Å². The highest BCUT2D eigenvalue weighted by Gasteiger charge is 2.33. The molecule has 1 atom stereocenters. The maximum atomic E-state index is 10.1. The van der Waals surface area contributed by atoms with Gasteiger partial charge in [-0.25, -0.2) is 9.97 Å². The van der Waals surface area contributed by atoms with E-state index in [1.807, 2.05) is 48.5 Å². The standard InChI is InChI=1S/C20H15Cl2N3/c21-18-5-1-15(2-6-18)9-20(13-23,10-16-11-24-14-25-12-16)17-3-7-19(22)8-4-17/h1-8,11-12,14H,9-10H2. The Morgan fingerprint density at radius 2 is 1.32 bits per heavy atom. The van der Waals surface area contributed by atoms with Gasteiger partial charge in [-0.15, -0.1) is 0 Å². The molecule has 0 aliphatic heterocycles. The van der Waals surface area contributed by atoms with E-state index in [-0.39, 0.29) is 0 Å².